The van der Waals surface area contributed by atoms with E-state index in [4.69, 9.17) is 6.58 Å². The van der Waals surface area contributed by atoms with E-state index in [1.807, 2.05) is 0 Å². The highest BCUT2D eigenvalue weighted by molar-refractivity contribution is 6.12. The van der Waals surface area contributed by atoms with E-state index in [-0.39, 0.29) is 0 Å². The number of hydrogen-bond acceptors (Lipinski definition) is 4. The Morgan fingerprint density at radius 3 is 1.60 bits per heavy atom. The van der Waals surface area contributed by atoms with Crippen molar-refractivity contribution >= 4 is 11.9 Å². The van der Waals surface area contributed by atoms with Crippen LogP contribution in [0.3, 0.4) is 0 Å². The van der Waals surface area contributed by atoms with Gasteiger partial charge in [-0.15, -0.1) is 0 Å². The fourth-order valence-corrected chi connectivity index (χ4v) is 0.303. The van der Waals surface area contributed by atoms with E-state index in [1.165, 1.54) is 0 Å². The van der Waals surface area contributed by atoms with Crippen molar-refractivity contribution < 1.29 is 19.1 Å². The molecule has 0 rings (SSSR count). The van der Waals surface area contributed by atoms with Crippen LogP contribution >= 0.6 is 0 Å². The van der Waals surface area contributed by atoms with Gasteiger partial charge in [0.15, 0.2) is 0 Å². The zero-order chi connectivity index (χ0) is 8.15. The molecule has 0 heterocycles. The fourth-order valence-electron chi connectivity index (χ4n) is 0.303. The van der Waals surface area contributed by atoms with E-state index in [2.05, 4.69) is 9.47 Å². The summed E-state index contributed by atoms with van der Waals surface area (Å²) in [4.78, 5) is 20.9. The summed E-state index contributed by atoms with van der Waals surface area (Å²) < 4.78 is 8.27. The molecule has 55 valence electrons. The minimum absolute atomic E-state index is 0.551. The van der Waals surface area contributed by atoms with Crippen molar-refractivity contribution in [3.63, 3.8) is 0 Å². The van der Waals surface area contributed by atoms with Crippen LogP contribution < -0.4 is 0 Å². The maximum Gasteiger partial charge on any atom is 0.345 e. The van der Waals surface area contributed by atoms with Crippen molar-refractivity contribution in [3.05, 3.63) is 12.2 Å². The van der Waals surface area contributed by atoms with Crippen LogP contribution in [0.4, 0.5) is 0 Å². The smallest absolute Gasteiger partial charge is 0.345 e. The van der Waals surface area contributed by atoms with Crippen LogP contribution in [0.5, 0.6) is 0 Å². The van der Waals surface area contributed by atoms with E-state index in [0.717, 1.165) is 14.2 Å². The number of hydrogen-bond donors (Lipinski definition) is 0. The highest BCUT2D eigenvalue weighted by Crippen LogP contribution is 1.94. The highest BCUT2D eigenvalue weighted by Gasteiger charge is 2.15. The lowest BCUT2D eigenvalue weighted by Crippen LogP contribution is -2.14. The molecule has 0 aliphatic rings. The Morgan fingerprint density at radius 2 is 1.40 bits per heavy atom. The minimum Gasteiger partial charge on any atom is -0.465 e. The van der Waals surface area contributed by atoms with Crippen molar-refractivity contribution in [3.8, 4) is 0 Å². The zero-order valence-corrected chi connectivity index (χ0v) is 5.71. The molecule has 0 spiro atoms. The number of methoxy groups -OCH3 is 2. The second-order valence-corrected chi connectivity index (χ2v) is 1.40. The van der Waals surface area contributed by atoms with Crippen molar-refractivity contribution in [1.29, 1.82) is 0 Å². The van der Waals surface area contributed by atoms with Crippen molar-refractivity contribution in [2.45, 2.75) is 0 Å². The molecule has 0 N–H and O–H groups in total. The molecule has 0 aliphatic carbocycles. The van der Waals surface area contributed by atoms with Crippen LogP contribution in [0.25, 0.3) is 0 Å². The second kappa shape index (κ2) is 3.66. The fraction of sp³-hybridized carbons (Fsp3) is 0.333. The van der Waals surface area contributed by atoms with Gasteiger partial charge in [-0.25, -0.2) is 9.59 Å². The Hall–Kier alpha value is -1.32. The van der Waals surface area contributed by atoms with E-state index in [0.29, 0.717) is 0 Å². The molecule has 0 fully saturated rings. The van der Waals surface area contributed by atoms with Gasteiger partial charge >= 0.3 is 11.9 Å². The van der Waals surface area contributed by atoms with Gasteiger partial charge < -0.3 is 9.47 Å². The molecule has 0 atom stereocenters. The van der Waals surface area contributed by atoms with E-state index >= 15 is 0 Å². The largest absolute Gasteiger partial charge is 0.465 e. The highest BCUT2D eigenvalue weighted by atomic mass is 16.5. The van der Waals surface area contributed by atoms with Crippen LogP contribution in [-0.2, 0) is 19.1 Å². The lowest BCUT2D eigenvalue weighted by molar-refractivity contribution is -0.144. The number of ether oxygens (including phenoxy) is 2. The first kappa shape index (κ1) is 8.68. The van der Waals surface area contributed by atoms with E-state index in [1.54, 1.807) is 0 Å². The molecule has 0 bridgehead atoms. The second-order valence-electron chi connectivity index (χ2n) is 1.40. The molecule has 0 aromatic heterocycles. The van der Waals surface area contributed by atoms with E-state index in [9.17, 15) is 9.59 Å². The summed E-state index contributed by atoms with van der Waals surface area (Å²) >= 11 is 0. The van der Waals surface area contributed by atoms with Gasteiger partial charge in [-0.3, -0.25) is 0 Å². The van der Waals surface area contributed by atoms with Gasteiger partial charge in [-0.2, -0.15) is 0 Å². The lowest BCUT2D eigenvalue weighted by Gasteiger charge is -1.98. The monoisotopic (exact) mass is 143 g/mol. The Bertz CT molecular complexity index is 153. The van der Waals surface area contributed by atoms with Gasteiger partial charge in [0, 0.05) is 0 Å². The number of carbonyl (C=O) groups excluding carboxylic acids is 2. The molecule has 0 amide bonds. The average molecular weight is 143 g/mol. The molecular formula is C6H7O4. The van der Waals surface area contributed by atoms with Gasteiger partial charge in [0.1, 0.15) is 5.57 Å². The van der Waals surface area contributed by atoms with Gasteiger partial charge in [-0.1, -0.05) is 0 Å². The van der Waals surface area contributed by atoms with Crippen LogP contribution in [0.2, 0.25) is 0 Å². The normalized spacial score (nSPS) is 8.20. The van der Waals surface area contributed by atoms with Crippen LogP contribution in [0.15, 0.2) is 5.57 Å². The quantitative estimate of drug-likeness (QED) is 0.230. The van der Waals surface area contributed by atoms with Gasteiger partial charge in [0.25, 0.3) is 0 Å². The topological polar surface area (TPSA) is 52.6 Å². The number of carbonyl (C=O) groups is 2. The maximum absolute atomic E-state index is 10.4. The third kappa shape index (κ3) is 1.89. The standard InChI is InChI=1S/C6H7O4/c1-4(5(7)9-2)6(8)10-3/h1H,2-3H3. The molecule has 4 nitrogen and oxygen atoms in total. The summed E-state index contributed by atoms with van der Waals surface area (Å²) in [5.74, 6) is -1.77. The summed E-state index contributed by atoms with van der Waals surface area (Å²) in [6.07, 6.45) is 0. The summed E-state index contributed by atoms with van der Waals surface area (Å²) in [7, 11) is 2.25. The third-order valence-electron chi connectivity index (χ3n) is 0.811. The first-order chi connectivity index (χ1) is 4.63. The predicted octanol–water partition coefficient (Wildman–Crippen LogP) is -0.308. The van der Waals surface area contributed by atoms with Crippen molar-refractivity contribution in [2.24, 2.45) is 0 Å². The summed E-state index contributed by atoms with van der Waals surface area (Å²) in [6, 6.07) is 0. The molecule has 0 saturated heterocycles. The summed E-state index contributed by atoms with van der Waals surface area (Å²) in [6.45, 7) is 4.95. The van der Waals surface area contributed by atoms with Crippen molar-refractivity contribution in [2.75, 3.05) is 14.2 Å². The SMILES string of the molecule is [CH]=C(C(=O)OC)C(=O)OC. The minimum atomic E-state index is -0.883. The van der Waals surface area contributed by atoms with E-state index < -0.39 is 17.5 Å². The molecule has 0 aliphatic heterocycles. The first-order valence-electron chi connectivity index (χ1n) is 2.42. The first-order valence-corrected chi connectivity index (χ1v) is 2.42. The Morgan fingerprint density at radius 1 is 1.10 bits per heavy atom. The van der Waals surface area contributed by atoms with Gasteiger partial charge in [0.05, 0.1) is 14.2 Å². The molecular weight excluding hydrogens is 136 g/mol. The molecule has 0 saturated carbocycles. The lowest BCUT2D eigenvalue weighted by atomic mass is 10.3. The average Bonchev–Trinajstić information content (AvgIpc) is 2.00. The summed E-state index contributed by atoms with van der Waals surface area (Å²) in [5, 5.41) is 0. The summed E-state index contributed by atoms with van der Waals surface area (Å²) in [5.41, 5.74) is -0.551. The Kier molecular flexibility index (Phi) is 3.17. The maximum atomic E-state index is 10.4. The molecule has 0 aromatic rings. The number of esters is 2. The van der Waals surface area contributed by atoms with Crippen LogP contribution in [0, 0.1) is 6.58 Å². The number of rotatable bonds is 2. The molecule has 0 unspecified atom stereocenters. The van der Waals surface area contributed by atoms with Gasteiger partial charge in [-0.05, 0) is 6.58 Å². The Labute approximate surface area is 58.4 Å². The molecule has 1 radical (unpaired) electrons. The van der Waals surface area contributed by atoms with Crippen molar-refractivity contribution in [1.82, 2.24) is 0 Å². The zero-order valence-electron chi connectivity index (χ0n) is 5.71. The molecule has 0 aromatic carbocycles. The molecule has 10 heavy (non-hydrogen) atoms. The van der Waals surface area contributed by atoms with Crippen LogP contribution in [0.1, 0.15) is 0 Å². The third-order valence-corrected chi connectivity index (χ3v) is 0.811. The molecule has 4 heteroatoms. The Balaban J connectivity index is 4.09. The van der Waals surface area contributed by atoms with Gasteiger partial charge in [0.2, 0.25) is 0 Å². The van der Waals surface area contributed by atoms with Crippen LogP contribution in [-0.4, -0.2) is 26.2 Å². The predicted molar refractivity (Wildman–Crippen MR) is 31.8 cm³/mol.